The highest BCUT2D eigenvalue weighted by Gasteiger charge is 2.32. The minimum absolute atomic E-state index is 0.0440. The topological polar surface area (TPSA) is 101 Å². The molecular formula is C18H17FN6OS. The van der Waals surface area contributed by atoms with Gasteiger partial charge in [0.25, 0.3) is 0 Å². The van der Waals surface area contributed by atoms with Crippen molar-refractivity contribution in [3.8, 4) is 17.5 Å². The van der Waals surface area contributed by atoms with E-state index < -0.39 is 12.2 Å². The van der Waals surface area contributed by atoms with Crippen molar-refractivity contribution in [2.75, 3.05) is 5.32 Å². The highest BCUT2D eigenvalue weighted by atomic mass is 32.1. The molecule has 0 saturated heterocycles. The van der Waals surface area contributed by atoms with E-state index in [1.54, 1.807) is 11.6 Å². The van der Waals surface area contributed by atoms with E-state index in [4.69, 9.17) is 5.26 Å². The third-order valence-corrected chi connectivity index (χ3v) is 5.32. The average molecular weight is 384 g/mol. The number of rotatable bonds is 4. The number of hydrogen-bond donors (Lipinski definition) is 3. The van der Waals surface area contributed by atoms with Crippen molar-refractivity contribution in [3.05, 3.63) is 51.7 Å². The van der Waals surface area contributed by atoms with Crippen molar-refractivity contribution in [2.45, 2.75) is 32.3 Å². The van der Waals surface area contributed by atoms with Crippen molar-refractivity contribution < 1.29 is 9.50 Å². The number of aromatic amines is 1. The van der Waals surface area contributed by atoms with Gasteiger partial charge in [-0.05, 0) is 25.1 Å². The standard InChI is InChI=1S/C18H17FN6OS/c1-10-4-15-13(17(24-23-15)16-8-27-9-21-16)7-25(10)18(26)22-12-2-3-14(19)11(5-12)6-20/h2-3,5,8-10,18,22,26H,4,7H2,1H3,(H,23,24)/t10-,18?/m0/s1. The Morgan fingerprint density at radius 3 is 3.11 bits per heavy atom. The lowest BCUT2D eigenvalue weighted by Crippen LogP contribution is -2.48. The number of anilines is 1. The summed E-state index contributed by atoms with van der Waals surface area (Å²) < 4.78 is 13.5. The summed E-state index contributed by atoms with van der Waals surface area (Å²) in [7, 11) is 0. The van der Waals surface area contributed by atoms with E-state index in [1.807, 2.05) is 17.2 Å². The van der Waals surface area contributed by atoms with E-state index in [-0.39, 0.29) is 11.6 Å². The summed E-state index contributed by atoms with van der Waals surface area (Å²) in [5.74, 6) is -0.583. The summed E-state index contributed by atoms with van der Waals surface area (Å²) in [6.07, 6.45) is -0.315. The monoisotopic (exact) mass is 384 g/mol. The van der Waals surface area contributed by atoms with Crippen LogP contribution in [0.4, 0.5) is 10.1 Å². The van der Waals surface area contributed by atoms with Crippen LogP contribution in [0, 0.1) is 17.1 Å². The molecule has 2 aromatic heterocycles. The number of hydrogen-bond acceptors (Lipinski definition) is 7. The van der Waals surface area contributed by atoms with Gasteiger partial charge in [0, 0.05) is 35.6 Å². The minimum atomic E-state index is -0.997. The highest BCUT2D eigenvalue weighted by molar-refractivity contribution is 7.07. The molecule has 3 aromatic rings. The maximum Gasteiger partial charge on any atom is 0.184 e. The fourth-order valence-electron chi connectivity index (χ4n) is 3.29. The Kier molecular flexibility index (Phi) is 4.61. The third kappa shape index (κ3) is 3.30. The molecule has 4 rings (SSSR count). The lowest BCUT2D eigenvalue weighted by Gasteiger charge is -2.37. The van der Waals surface area contributed by atoms with Crippen molar-refractivity contribution >= 4 is 17.0 Å². The summed E-state index contributed by atoms with van der Waals surface area (Å²) in [6, 6.07) is 5.94. The van der Waals surface area contributed by atoms with Crippen molar-refractivity contribution in [2.24, 2.45) is 0 Å². The number of fused-ring (bicyclic) bond motifs is 1. The predicted octanol–water partition coefficient (Wildman–Crippen LogP) is 2.68. The van der Waals surface area contributed by atoms with Gasteiger partial charge in [0.1, 0.15) is 11.9 Å². The van der Waals surface area contributed by atoms with Crippen molar-refractivity contribution in [1.82, 2.24) is 20.1 Å². The third-order valence-electron chi connectivity index (χ3n) is 4.73. The fraction of sp³-hybridized carbons (Fsp3) is 0.278. The average Bonchev–Trinajstić information content (AvgIpc) is 3.31. The van der Waals surface area contributed by atoms with Crippen molar-refractivity contribution in [1.29, 1.82) is 5.26 Å². The largest absolute Gasteiger partial charge is 0.361 e. The molecule has 27 heavy (non-hydrogen) atoms. The first-order valence-electron chi connectivity index (χ1n) is 8.41. The second-order valence-electron chi connectivity index (χ2n) is 6.45. The number of aromatic nitrogens is 3. The second-order valence-corrected chi connectivity index (χ2v) is 7.17. The molecule has 0 radical (unpaired) electrons. The van der Waals surface area contributed by atoms with E-state index in [1.165, 1.54) is 29.5 Å². The van der Waals surface area contributed by atoms with Gasteiger partial charge < -0.3 is 10.4 Å². The SMILES string of the molecule is C[C@H]1Cc2n[nH]c(-c3cscn3)c2CN1C(O)Nc1ccc(F)c(C#N)c1. The maximum absolute atomic E-state index is 13.5. The van der Waals surface area contributed by atoms with Gasteiger partial charge in [-0.25, -0.2) is 9.37 Å². The Morgan fingerprint density at radius 1 is 1.52 bits per heavy atom. The molecular weight excluding hydrogens is 367 g/mol. The summed E-state index contributed by atoms with van der Waals surface area (Å²) in [4.78, 5) is 6.23. The number of nitrogens with zero attached hydrogens (tertiary/aromatic N) is 4. The molecule has 1 aliphatic rings. The van der Waals surface area contributed by atoms with Crippen LogP contribution in [0.1, 0.15) is 23.7 Å². The highest BCUT2D eigenvalue weighted by Crippen LogP contribution is 2.31. The Morgan fingerprint density at radius 2 is 2.37 bits per heavy atom. The molecule has 1 unspecified atom stereocenters. The number of halogens is 1. The summed E-state index contributed by atoms with van der Waals surface area (Å²) in [5, 5.41) is 32.0. The van der Waals surface area contributed by atoms with Gasteiger partial charge in [0.05, 0.1) is 28.2 Å². The minimum Gasteiger partial charge on any atom is -0.361 e. The van der Waals surface area contributed by atoms with Crippen LogP contribution in [0.3, 0.4) is 0 Å². The summed E-state index contributed by atoms with van der Waals surface area (Å²) in [5.41, 5.74) is 5.86. The summed E-state index contributed by atoms with van der Waals surface area (Å²) >= 11 is 1.51. The Bertz CT molecular complexity index is 996. The molecule has 0 aliphatic carbocycles. The normalized spacial score (nSPS) is 17.9. The number of aliphatic hydroxyl groups excluding tert-OH is 1. The number of nitriles is 1. The van der Waals surface area contributed by atoms with Crippen LogP contribution in [0.25, 0.3) is 11.4 Å². The first kappa shape index (κ1) is 17.6. The van der Waals surface area contributed by atoms with Gasteiger partial charge in [-0.2, -0.15) is 10.4 Å². The molecule has 138 valence electrons. The molecule has 0 bridgehead atoms. The van der Waals surface area contributed by atoms with Crippen LogP contribution in [0.15, 0.2) is 29.1 Å². The predicted molar refractivity (Wildman–Crippen MR) is 99.1 cm³/mol. The quantitative estimate of drug-likeness (QED) is 0.598. The Labute approximate surface area is 159 Å². The van der Waals surface area contributed by atoms with Gasteiger partial charge in [0.2, 0.25) is 0 Å². The van der Waals surface area contributed by atoms with Crippen LogP contribution in [-0.4, -0.2) is 37.6 Å². The zero-order valence-electron chi connectivity index (χ0n) is 14.5. The molecule has 1 aliphatic heterocycles. The first-order chi connectivity index (χ1) is 13.1. The molecule has 9 heteroatoms. The van der Waals surface area contributed by atoms with Crippen molar-refractivity contribution in [3.63, 3.8) is 0 Å². The van der Waals surface area contributed by atoms with E-state index >= 15 is 0 Å². The van der Waals surface area contributed by atoms with Gasteiger partial charge in [-0.1, -0.05) is 0 Å². The molecule has 1 aromatic carbocycles. The molecule has 0 amide bonds. The Balaban J connectivity index is 1.56. The molecule has 0 fully saturated rings. The number of thiazole rings is 1. The second kappa shape index (κ2) is 7.08. The van der Waals surface area contributed by atoms with Gasteiger partial charge in [-0.3, -0.25) is 10.00 Å². The van der Waals surface area contributed by atoms with E-state index in [2.05, 4.69) is 20.5 Å². The number of H-pyrrole nitrogens is 1. The zero-order chi connectivity index (χ0) is 19.0. The maximum atomic E-state index is 13.5. The van der Waals surface area contributed by atoms with Gasteiger partial charge in [0.15, 0.2) is 6.35 Å². The van der Waals surface area contributed by atoms with E-state index in [0.717, 1.165) is 22.6 Å². The first-order valence-corrected chi connectivity index (χ1v) is 9.35. The molecule has 3 heterocycles. The molecule has 2 atom stereocenters. The van der Waals surface area contributed by atoms with E-state index in [9.17, 15) is 9.50 Å². The van der Waals surface area contributed by atoms with E-state index in [0.29, 0.717) is 18.7 Å². The lowest BCUT2D eigenvalue weighted by atomic mass is 9.99. The lowest BCUT2D eigenvalue weighted by molar-refractivity contribution is -0.0120. The van der Waals surface area contributed by atoms with Crippen LogP contribution in [-0.2, 0) is 13.0 Å². The zero-order valence-corrected chi connectivity index (χ0v) is 15.3. The number of aliphatic hydroxyl groups is 1. The molecule has 3 N–H and O–H groups in total. The summed E-state index contributed by atoms with van der Waals surface area (Å²) in [6.45, 7) is 2.50. The smallest absolute Gasteiger partial charge is 0.184 e. The Hall–Kier alpha value is -2.80. The molecule has 0 saturated carbocycles. The van der Waals surface area contributed by atoms with Crippen LogP contribution in [0.5, 0.6) is 0 Å². The van der Waals surface area contributed by atoms with Gasteiger partial charge in [-0.15, -0.1) is 11.3 Å². The van der Waals surface area contributed by atoms with Crippen LogP contribution < -0.4 is 5.32 Å². The number of benzene rings is 1. The molecule has 7 nitrogen and oxygen atoms in total. The van der Waals surface area contributed by atoms with Crippen LogP contribution >= 0.6 is 11.3 Å². The molecule has 0 spiro atoms. The fourth-order valence-corrected chi connectivity index (χ4v) is 3.83. The van der Waals surface area contributed by atoms with Gasteiger partial charge >= 0.3 is 0 Å². The number of nitrogens with one attached hydrogen (secondary N) is 2. The van der Waals surface area contributed by atoms with Crippen LogP contribution in [0.2, 0.25) is 0 Å².